The number of nitrogens with one attached hydrogen (secondary N) is 2. The van der Waals surface area contributed by atoms with E-state index >= 15 is 0 Å². The van der Waals surface area contributed by atoms with E-state index in [0.29, 0.717) is 17.8 Å². The largest absolute Gasteiger partial charge is 0.448 e. The number of esters is 1. The maximum atomic E-state index is 12.8. The average Bonchev–Trinajstić information content (AvgIpc) is 3.09. The first-order valence-electron chi connectivity index (χ1n) is 9.07. The second-order valence-corrected chi connectivity index (χ2v) is 7.12. The number of carbonyl (C=O) groups is 2. The number of aromatic nitrogens is 2. The molecule has 1 aliphatic heterocycles. The van der Waals surface area contributed by atoms with Crippen molar-refractivity contribution in [2.75, 3.05) is 0 Å². The van der Waals surface area contributed by atoms with Crippen molar-refractivity contribution in [2.45, 2.75) is 32.4 Å². The van der Waals surface area contributed by atoms with Gasteiger partial charge in [-0.3, -0.25) is 4.79 Å². The number of rotatable bonds is 4. The second kappa shape index (κ2) is 6.87. The minimum absolute atomic E-state index is 0.112. The SMILES string of the molecule is CC(C)C(NC(=O)C1Cc2ccccc2C(=O)O1)c1nc2ccccc2[nH]1. The van der Waals surface area contributed by atoms with Gasteiger partial charge >= 0.3 is 5.97 Å². The van der Waals surface area contributed by atoms with Gasteiger partial charge in [0.25, 0.3) is 5.91 Å². The number of ether oxygens (including phenoxy) is 1. The summed E-state index contributed by atoms with van der Waals surface area (Å²) in [6.07, 6.45) is -0.461. The fraction of sp³-hybridized carbons (Fsp3) is 0.286. The summed E-state index contributed by atoms with van der Waals surface area (Å²) in [4.78, 5) is 32.9. The van der Waals surface area contributed by atoms with Crippen molar-refractivity contribution in [1.29, 1.82) is 0 Å². The molecule has 1 amide bonds. The third-order valence-corrected chi connectivity index (χ3v) is 4.85. The molecule has 0 aliphatic carbocycles. The Morgan fingerprint density at radius 1 is 1.19 bits per heavy atom. The molecule has 27 heavy (non-hydrogen) atoms. The Morgan fingerprint density at radius 3 is 2.70 bits per heavy atom. The van der Waals surface area contributed by atoms with Gasteiger partial charge in [-0.2, -0.15) is 0 Å². The Balaban J connectivity index is 1.55. The Kier molecular flexibility index (Phi) is 4.39. The molecule has 0 spiro atoms. The molecule has 6 heteroatoms. The van der Waals surface area contributed by atoms with E-state index in [0.717, 1.165) is 16.6 Å². The number of imidazole rings is 1. The number of hydrogen-bond acceptors (Lipinski definition) is 4. The third-order valence-electron chi connectivity index (χ3n) is 4.85. The monoisotopic (exact) mass is 363 g/mol. The lowest BCUT2D eigenvalue weighted by Crippen LogP contribution is -2.44. The number of hydrogen-bond donors (Lipinski definition) is 2. The smallest absolute Gasteiger partial charge is 0.339 e. The van der Waals surface area contributed by atoms with Crippen LogP contribution in [0.2, 0.25) is 0 Å². The minimum Gasteiger partial charge on any atom is -0.448 e. The van der Waals surface area contributed by atoms with Crippen LogP contribution in [0.15, 0.2) is 48.5 Å². The summed E-state index contributed by atoms with van der Waals surface area (Å²) in [7, 11) is 0. The van der Waals surface area contributed by atoms with Gasteiger partial charge in [-0.15, -0.1) is 0 Å². The van der Waals surface area contributed by atoms with Gasteiger partial charge in [0.15, 0.2) is 6.10 Å². The van der Waals surface area contributed by atoms with Gasteiger partial charge in [0.1, 0.15) is 5.82 Å². The molecule has 2 unspecified atom stereocenters. The lowest BCUT2D eigenvalue weighted by molar-refractivity contribution is -0.131. The molecule has 2 aromatic carbocycles. The average molecular weight is 363 g/mol. The van der Waals surface area contributed by atoms with Crippen LogP contribution in [0.3, 0.4) is 0 Å². The van der Waals surface area contributed by atoms with Crippen LogP contribution in [0.25, 0.3) is 11.0 Å². The van der Waals surface area contributed by atoms with Gasteiger partial charge in [0.05, 0.1) is 22.6 Å². The highest BCUT2D eigenvalue weighted by Gasteiger charge is 2.33. The zero-order valence-corrected chi connectivity index (χ0v) is 15.2. The predicted octanol–water partition coefficient (Wildman–Crippen LogP) is 3.16. The van der Waals surface area contributed by atoms with Gasteiger partial charge < -0.3 is 15.0 Å². The summed E-state index contributed by atoms with van der Waals surface area (Å²) < 4.78 is 5.37. The Morgan fingerprint density at radius 2 is 1.93 bits per heavy atom. The van der Waals surface area contributed by atoms with Crippen LogP contribution < -0.4 is 5.32 Å². The summed E-state index contributed by atoms with van der Waals surface area (Å²) in [5.41, 5.74) is 3.13. The van der Waals surface area contributed by atoms with E-state index in [1.54, 1.807) is 12.1 Å². The zero-order chi connectivity index (χ0) is 19.0. The van der Waals surface area contributed by atoms with Gasteiger partial charge in [0, 0.05) is 6.42 Å². The molecule has 4 rings (SSSR count). The number of carbonyl (C=O) groups excluding carboxylic acids is 2. The van der Waals surface area contributed by atoms with E-state index < -0.39 is 12.1 Å². The first-order chi connectivity index (χ1) is 13.0. The van der Waals surface area contributed by atoms with Crippen molar-refractivity contribution < 1.29 is 14.3 Å². The van der Waals surface area contributed by atoms with Crippen molar-refractivity contribution in [3.8, 4) is 0 Å². The molecule has 0 bridgehead atoms. The lowest BCUT2D eigenvalue weighted by Gasteiger charge is -2.27. The zero-order valence-electron chi connectivity index (χ0n) is 15.2. The summed E-state index contributed by atoms with van der Waals surface area (Å²) >= 11 is 0. The van der Waals surface area contributed by atoms with E-state index in [2.05, 4.69) is 15.3 Å². The van der Waals surface area contributed by atoms with E-state index in [1.807, 2.05) is 50.2 Å². The molecule has 6 nitrogen and oxygen atoms in total. The number of para-hydroxylation sites is 2. The maximum Gasteiger partial charge on any atom is 0.339 e. The summed E-state index contributed by atoms with van der Waals surface area (Å²) in [5.74, 6) is 0.0435. The molecule has 2 atom stereocenters. The van der Waals surface area contributed by atoms with Crippen molar-refractivity contribution in [1.82, 2.24) is 15.3 Å². The molecule has 3 aromatic rings. The number of cyclic esters (lactones) is 1. The fourth-order valence-corrected chi connectivity index (χ4v) is 3.39. The molecule has 0 saturated carbocycles. The van der Waals surface area contributed by atoms with Crippen LogP contribution in [0.4, 0.5) is 0 Å². The Labute approximate surface area is 156 Å². The first kappa shape index (κ1) is 17.3. The maximum absolute atomic E-state index is 12.8. The number of benzene rings is 2. The summed E-state index contributed by atoms with van der Waals surface area (Å²) in [6.45, 7) is 4.03. The quantitative estimate of drug-likeness (QED) is 0.698. The highest BCUT2D eigenvalue weighted by Crippen LogP contribution is 2.24. The summed E-state index contributed by atoms with van der Waals surface area (Å²) in [5, 5.41) is 3.00. The van der Waals surface area contributed by atoms with Crippen LogP contribution >= 0.6 is 0 Å². The van der Waals surface area contributed by atoms with E-state index in [1.165, 1.54) is 0 Å². The highest BCUT2D eigenvalue weighted by molar-refractivity contribution is 5.95. The van der Waals surface area contributed by atoms with Crippen LogP contribution in [-0.4, -0.2) is 27.9 Å². The van der Waals surface area contributed by atoms with Gasteiger partial charge in [0.2, 0.25) is 0 Å². The molecular formula is C21H21N3O3. The molecule has 0 radical (unpaired) electrons. The number of H-pyrrole nitrogens is 1. The van der Waals surface area contributed by atoms with Crippen LogP contribution in [0.1, 0.15) is 41.6 Å². The number of aromatic amines is 1. The molecule has 2 heterocycles. The predicted molar refractivity (Wildman–Crippen MR) is 101 cm³/mol. The van der Waals surface area contributed by atoms with E-state index in [4.69, 9.17) is 4.74 Å². The van der Waals surface area contributed by atoms with Crippen LogP contribution in [-0.2, 0) is 16.0 Å². The first-order valence-corrected chi connectivity index (χ1v) is 9.07. The van der Waals surface area contributed by atoms with Gasteiger partial charge in [-0.25, -0.2) is 9.78 Å². The number of amides is 1. The molecule has 0 fully saturated rings. The number of fused-ring (bicyclic) bond motifs is 2. The molecule has 1 aromatic heterocycles. The van der Waals surface area contributed by atoms with Crippen LogP contribution in [0, 0.1) is 5.92 Å². The number of nitrogens with zero attached hydrogens (tertiary/aromatic N) is 1. The third kappa shape index (κ3) is 3.30. The van der Waals surface area contributed by atoms with Gasteiger partial charge in [-0.05, 0) is 29.7 Å². The Bertz CT molecular complexity index is 976. The molecule has 138 valence electrons. The molecule has 2 N–H and O–H groups in total. The van der Waals surface area contributed by atoms with Crippen molar-refractivity contribution in [3.63, 3.8) is 0 Å². The van der Waals surface area contributed by atoms with Crippen molar-refractivity contribution >= 4 is 22.9 Å². The minimum atomic E-state index is -0.835. The Hall–Kier alpha value is -3.15. The van der Waals surface area contributed by atoms with Gasteiger partial charge in [-0.1, -0.05) is 44.2 Å². The highest BCUT2D eigenvalue weighted by atomic mass is 16.5. The fourth-order valence-electron chi connectivity index (χ4n) is 3.39. The van der Waals surface area contributed by atoms with E-state index in [-0.39, 0.29) is 17.9 Å². The normalized spacial score (nSPS) is 17.4. The van der Waals surface area contributed by atoms with E-state index in [9.17, 15) is 9.59 Å². The second-order valence-electron chi connectivity index (χ2n) is 7.12. The summed E-state index contributed by atoms with van der Waals surface area (Å²) in [6, 6.07) is 14.7. The van der Waals surface area contributed by atoms with Crippen molar-refractivity contribution in [3.05, 3.63) is 65.5 Å². The van der Waals surface area contributed by atoms with Crippen molar-refractivity contribution in [2.24, 2.45) is 5.92 Å². The lowest BCUT2D eigenvalue weighted by atomic mass is 9.97. The van der Waals surface area contributed by atoms with Crippen LogP contribution in [0.5, 0.6) is 0 Å². The molecular weight excluding hydrogens is 342 g/mol. The molecule has 0 saturated heterocycles. The standard InChI is InChI=1S/C21H21N3O3/c1-12(2)18(19-22-15-9-5-6-10-16(15)23-19)24-20(25)17-11-13-7-3-4-8-14(13)21(26)27-17/h3-10,12,17-18H,11H2,1-2H3,(H,22,23)(H,24,25). The molecule has 1 aliphatic rings. The topological polar surface area (TPSA) is 84.1 Å².